The van der Waals surface area contributed by atoms with Crippen LogP contribution >= 0.6 is 23.2 Å². The van der Waals surface area contributed by atoms with Crippen LogP contribution in [-0.2, 0) is 12.7 Å². The number of hydrogen-bond donors (Lipinski definition) is 1. The molecule has 1 aliphatic rings. The number of aromatic nitrogens is 2. The van der Waals surface area contributed by atoms with Gasteiger partial charge in [0.1, 0.15) is 5.69 Å². The fourth-order valence-corrected chi connectivity index (χ4v) is 3.14. The molecule has 4 nitrogen and oxygen atoms in total. The van der Waals surface area contributed by atoms with E-state index >= 15 is 4.39 Å². The van der Waals surface area contributed by atoms with Gasteiger partial charge in [0.05, 0.1) is 21.7 Å². The van der Waals surface area contributed by atoms with Gasteiger partial charge in [-0.3, -0.25) is 9.48 Å². The normalized spacial score (nSPS) is 21.7. The molecular formula is C18H14Cl2F3N3O. The number of aryl methyl sites for hydroxylation is 1. The summed E-state index contributed by atoms with van der Waals surface area (Å²) in [5, 5.41) is 6.46. The number of alkyl halides is 3. The highest BCUT2D eigenvalue weighted by Gasteiger charge is 2.40. The zero-order chi connectivity index (χ0) is 19.8. The number of carbonyl (C=O) groups excluding carboxylic acids is 1. The predicted molar refractivity (Wildman–Crippen MR) is 96.9 cm³/mol. The number of nitrogens with one attached hydrogen (secondary N) is 1. The molecule has 1 aliphatic carbocycles. The van der Waals surface area contributed by atoms with Crippen LogP contribution in [-0.4, -0.2) is 21.7 Å². The quantitative estimate of drug-likeness (QED) is 0.782. The van der Waals surface area contributed by atoms with E-state index in [2.05, 4.69) is 10.4 Å². The number of hydrogen-bond acceptors (Lipinski definition) is 2. The molecule has 0 saturated heterocycles. The average Bonchev–Trinajstić information content (AvgIpc) is 3.01. The number of amides is 1. The van der Waals surface area contributed by atoms with Gasteiger partial charge in [0, 0.05) is 13.2 Å². The third-order valence-corrected chi connectivity index (χ3v) is 4.90. The molecule has 0 saturated carbocycles. The van der Waals surface area contributed by atoms with E-state index in [1.54, 1.807) is 6.08 Å². The molecule has 0 aliphatic heterocycles. The van der Waals surface area contributed by atoms with Crippen LogP contribution in [0.3, 0.4) is 0 Å². The molecule has 1 aromatic carbocycles. The van der Waals surface area contributed by atoms with Crippen LogP contribution in [0.15, 0.2) is 48.7 Å². The molecule has 3 rings (SSSR count). The summed E-state index contributed by atoms with van der Waals surface area (Å²) in [7, 11) is 1.42. The van der Waals surface area contributed by atoms with E-state index in [4.69, 9.17) is 23.2 Å². The number of carbonyl (C=O) groups is 1. The van der Waals surface area contributed by atoms with Gasteiger partial charge in [-0.15, -0.1) is 0 Å². The van der Waals surface area contributed by atoms with Crippen LogP contribution in [0.5, 0.6) is 0 Å². The Hall–Kier alpha value is -2.25. The van der Waals surface area contributed by atoms with Gasteiger partial charge >= 0.3 is 0 Å². The molecule has 1 heterocycles. The van der Waals surface area contributed by atoms with Crippen molar-refractivity contribution in [1.29, 1.82) is 0 Å². The fourth-order valence-electron chi connectivity index (χ4n) is 2.84. The maximum absolute atomic E-state index is 15.8. The van der Waals surface area contributed by atoms with E-state index in [-0.39, 0.29) is 21.2 Å². The minimum Gasteiger partial charge on any atom is -0.342 e. The van der Waals surface area contributed by atoms with Crippen LogP contribution in [0.25, 0.3) is 0 Å². The summed E-state index contributed by atoms with van der Waals surface area (Å²) >= 11 is 11.9. The lowest BCUT2D eigenvalue weighted by Gasteiger charge is -2.32. The fraction of sp³-hybridized carbons (Fsp3) is 0.222. The summed E-state index contributed by atoms with van der Waals surface area (Å²) in [5.74, 6) is -0.856. The Morgan fingerprint density at radius 3 is 2.70 bits per heavy atom. The zero-order valence-electron chi connectivity index (χ0n) is 14.0. The Morgan fingerprint density at radius 2 is 2.04 bits per heavy atom. The van der Waals surface area contributed by atoms with Crippen molar-refractivity contribution in [1.82, 2.24) is 15.1 Å². The Kier molecular flexibility index (Phi) is 5.35. The molecule has 1 N–H and O–H groups in total. The van der Waals surface area contributed by atoms with Gasteiger partial charge in [-0.2, -0.15) is 5.10 Å². The number of benzene rings is 1. The molecule has 2 atom stereocenters. The average molecular weight is 416 g/mol. The first-order valence-electron chi connectivity index (χ1n) is 7.85. The molecule has 0 bridgehead atoms. The summed E-state index contributed by atoms with van der Waals surface area (Å²) in [6.45, 7) is 0. The van der Waals surface area contributed by atoms with E-state index < -0.39 is 29.7 Å². The SMILES string of the molecule is Cn1cc(C(=O)NC2C=CC=CC2(F)c2ccc(Cl)c(Cl)c2)c(C(F)F)n1. The van der Waals surface area contributed by atoms with Crippen LogP contribution in [0, 0.1) is 0 Å². The summed E-state index contributed by atoms with van der Waals surface area (Å²) in [6.07, 6.45) is 3.96. The molecule has 142 valence electrons. The van der Waals surface area contributed by atoms with Crippen molar-refractivity contribution >= 4 is 29.1 Å². The largest absolute Gasteiger partial charge is 0.342 e. The van der Waals surface area contributed by atoms with Crippen molar-refractivity contribution in [3.8, 4) is 0 Å². The van der Waals surface area contributed by atoms with E-state index in [1.807, 2.05) is 0 Å². The predicted octanol–water partition coefficient (Wildman–Crippen LogP) is 4.75. The number of allylic oxidation sites excluding steroid dienone is 2. The Balaban J connectivity index is 1.93. The third kappa shape index (κ3) is 3.75. The molecule has 0 radical (unpaired) electrons. The van der Waals surface area contributed by atoms with Gasteiger partial charge in [-0.25, -0.2) is 13.2 Å². The van der Waals surface area contributed by atoms with Gasteiger partial charge in [0.2, 0.25) is 0 Å². The lowest BCUT2D eigenvalue weighted by Crippen LogP contribution is -2.47. The molecule has 1 aromatic heterocycles. The topological polar surface area (TPSA) is 46.9 Å². The molecule has 0 spiro atoms. The minimum atomic E-state index is -2.93. The highest BCUT2D eigenvalue weighted by molar-refractivity contribution is 6.42. The first-order chi connectivity index (χ1) is 12.7. The van der Waals surface area contributed by atoms with Crippen molar-refractivity contribution in [2.45, 2.75) is 18.1 Å². The summed E-state index contributed by atoms with van der Waals surface area (Å²) in [4.78, 5) is 12.5. The van der Waals surface area contributed by atoms with Crippen molar-refractivity contribution in [2.24, 2.45) is 7.05 Å². The van der Waals surface area contributed by atoms with Crippen LogP contribution in [0.2, 0.25) is 10.0 Å². The van der Waals surface area contributed by atoms with E-state index in [0.29, 0.717) is 0 Å². The summed E-state index contributed by atoms with van der Waals surface area (Å²) in [5.41, 5.74) is -2.94. The second-order valence-electron chi connectivity index (χ2n) is 5.99. The molecular weight excluding hydrogens is 402 g/mol. The summed E-state index contributed by atoms with van der Waals surface area (Å²) in [6, 6.07) is 3.12. The van der Waals surface area contributed by atoms with Crippen molar-refractivity contribution in [2.75, 3.05) is 0 Å². The Morgan fingerprint density at radius 1 is 1.30 bits per heavy atom. The lowest BCUT2D eigenvalue weighted by molar-refractivity contribution is 0.0877. The molecule has 27 heavy (non-hydrogen) atoms. The van der Waals surface area contributed by atoms with Crippen molar-refractivity contribution in [3.63, 3.8) is 0 Å². The van der Waals surface area contributed by atoms with E-state index in [1.165, 1.54) is 43.5 Å². The lowest BCUT2D eigenvalue weighted by atomic mass is 9.85. The van der Waals surface area contributed by atoms with Crippen LogP contribution in [0.4, 0.5) is 13.2 Å². The van der Waals surface area contributed by atoms with Gasteiger partial charge in [0.25, 0.3) is 12.3 Å². The smallest absolute Gasteiger partial charge is 0.282 e. The summed E-state index contributed by atoms with van der Waals surface area (Å²) < 4.78 is 43.1. The van der Waals surface area contributed by atoms with Gasteiger partial charge < -0.3 is 5.32 Å². The van der Waals surface area contributed by atoms with Gasteiger partial charge in [0.15, 0.2) is 5.67 Å². The van der Waals surface area contributed by atoms with Crippen molar-refractivity contribution in [3.05, 3.63) is 75.6 Å². The van der Waals surface area contributed by atoms with Crippen LogP contribution in [0.1, 0.15) is 28.0 Å². The Labute approximate surface area is 163 Å². The molecule has 1 amide bonds. The highest BCUT2D eigenvalue weighted by Crippen LogP contribution is 2.37. The molecule has 9 heteroatoms. The second kappa shape index (κ2) is 7.40. The van der Waals surface area contributed by atoms with Crippen LogP contribution < -0.4 is 5.32 Å². The minimum absolute atomic E-state index is 0.159. The van der Waals surface area contributed by atoms with E-state index in [0.717, 1.165) is 10.9 Å². The standard InChI is InChI=1S/C18H14Cl2F3N3O/c1-26-9-11(15(25-26)16(21)22)17(27)24-14-4-2-3-7-18(14,23)10-5-6-12(19)13(20)8-10/h2-9,14,16H,1H3,(H,24,27). The number of rotatable bonds is 4. The zero-order valence-corrected chi connectivity index (χ0v) is 15.5. The van der Waals surface area contributed by atoms with Crippen molar-refractivity contribution < 1.29 is 18.0 Å². The Bertz CT molecular complexity index is 942. The maximum Gasteiger partial charge on any atom is 0.282 e. The number of halogens is 5. The van der Waals surface area contributed by atoms with Gasteiger partial charge in [-0.1, -0.05) is 47.5 Å². The second-order valence-corrected chi connectivity index (χ2v) is 6.81. The monoisotopic (exact) mass is 415 g/mol. The molecule has 2 unspecified atom stereocenters. The van der Waals surface area contributed by atoms with E-state index in [9.17, 15) is 13.6 Å². The maximum atomic E-state index is 15.8. The number of nitrogens with zero attached hydrogens (tertiary/aromatic N) is 2. The third-order valence-electron chi connectivity index (χ3n) is 4.16. The first kappa shape index (κ1) is 19.5. The molecule has 2 aromatic rings. The highest BCUT2D eigenvalue weighted by atomic mass is 35.5. The molecule has 0 fully saturated rings. The van der Waals surface area contributed by atoms with Gasteiger partial charge in [-0.05, 0) is 23.8 Å². The first-order valence-corrected chi connectivity index (χ1v) is 8.61.